The summed E-state index contributed by atoms with van der Waals surface area (Å²) >= 11 is 5.50. The summed E-state index contributed by atoms with van der Waals surface area (Å²) in [5.74, 6) is -0.304. The molecule has 110 valence electrons. The van der Waals surface area contributed by atoms with Gasteiger partial charge in [0.05, 0.1) is 18.7 Å². The Morgan fingerprint density at radius 2 is 2.00 bits per heavy atom. The van der Waals surface area contributed by atoms with E-state index in [0.717, 1.165) is 24.1 Å². The standard InChI is InChI=1S/C16H18N2O2S/c1-10-13(15(19)20-2)14(11-6-4-3-5-7-11)17-16(21)18(10)12-8-9-12/h3-7,12,14H,8-9H2,1-2H3,(H,17,21). The van der Waals surface area contributed by atoms with Crippen molar-refractivity contribution in [3.05, 3.63) is 47.2 Å². The third-order valence-electron chi connectivity index (χ3n) is 3.98. The van der Waals surface area contributed by atoms with Crippen LogP contribution in [-0.2, 0) is 9.53 Å². The van der Waals surface area contributed by atoms with Crippen molar-refractivity contribution in [2.75, 3.05) is 7.11 Å². The molecule has 0 aromatic heterocycles. The van der Waals surface area contributed by atoms with Gasteiger partial charge in [-0.15, -0.1) is 0 Å². The number of nitrogens with zero attached hydrogens (tertiary/aromatic N) is 1. The smallest absolute Gasteiger partial charge is 0.337 e. The third-order valence-corrected chi connectivity index (χ3v) is 4.29. The van der Waals surface area contributed by atoms with Crippen molar-refractivity contribution < 1.29 is 9.53 Å². The maximum atomic E-state index is 12.3. The summed E-state index contributed by atoms with van der Waals surface area (Å²) in [5, 5.41) is 3.99. The minimum Gasteiger partial charge on any atom is -0.466 e. The van der Waals surface area contributed by atoms with Gasteiger partial charge in [-0.3, -0.25) is 0 Å². The number of benzene rings is 1. The number of carbonyl (C=O) groups is 1. The summed E-state index contributed by atoms with van der Waals surface area (Å²) < 4.78 is 4.99. The van der Waals surface area contributed by atoms with Crippen molar-refractivity contribution in [3.8, 4) is 0 Å². The third kappa shape index (κ3) is 2.53. The van der Waals surface area contributed by atoms with E-state index >= 15 is 0 Å². The van der Waals surface area contributed by atoms with Crippen LogP contribution in [0.1, 0.15) is 31.4 Å². The topological polar surface area (TPSA) is 41.6 Å². The molecule has 1 heterocycles. The highest BCUT2D eigenvalue weighted by Gasteiger charge is 2.40. The molecule has 1 fully saturated rings. The first-order valence-electron chi connectivity index (χ1n) is 7.07. The normalized spacial score (nSPS) is 22.1. The molecule has 1 unspecified atom stereocenters. The molecule has 0 saturated heterocycles. The Labute approximate surface area is 129 Å². The highest BCUT2D eigenvalue weighted by molar-refractivity contribution is 7.80. The quantitative estimate of drug-likeness (QED) is 0.686. The molecule has 1 saturated carbocycles. The summed E-state index contributed by atoms with van der Waals surface area (Å²) in [6.07, 6.45) is 2.23. The van der Waals surface area contributed by atoms with Gasteiger partial charge in [0.25, 0.3) is 0 Å². The number of methoxy groups -OCH3 is 1. The number of rotatable bonds is 3. The van der Waals surface area contributed by atoms with E-state index < -0.39 is 0 Å². The highest BCUT2D eigenvalue weighted by atomic mass is 32.1. The van der Waals surface area contributed by atoms with Crippen LogP contribution in [0.3, 0.4) is 0 Å². The minimum absolute atomic E-state index is 0.249. The van der Waals surface area contributed by atoms with Crippen LogP contribution in [0.4, 0.5) is 0 Å². The zero-order valence-corrected chi connectivity index (χ0v) is 12.9. The lowest BCUT2D eigenvalue weighted by atomic mass is 9.95. The van der Waals surface area contributed by atoms with Crippen LogP contribution in [-0.4, -0.2) is 29.1 Å². The molecule has 0 radical (unpaired) electrons. The second-order valence-electron chi connectivity index (χ2n) is 5.39. The van der Waals surface area contributed by atoms with Crippen LogP contribution in [0.15, 0.2) is 41.6 Å². The first kappa shape index (κ1) is 14.1. The number of carbonyl (C=O) groups excluding carboxylic acids is 1. The van der Waals surface area contributed by atoms with Gasteiger partial charge in [0.15, 0.2) is 5.11 Å². The average Bonchev–Trinajstić information content (AvgIpc) is 3.31. The van der Waals surface area contributed by atoms with E-state index in [1.807, 2.05) is 37.3 Å². The number of esters is 1. The zero-order valence-electron chi connectivity index (χ0n) is 12.1. The molecule has 0 bridgehead atoms. The van der Waals surface area contributed by atoms with E-state index in [1.54, 1.807) is 0 Å². The minimum atomic E-state index is -0.304. The highest BCUT2D eigenvalue weighted by Crippen LogP contribution is 2.37. The molecule has 0 amide bonds. The molecular formula is C16H18N2O2S. The molecule has 1 aromatic carbocycles. The van der Waals surface area contributed by atoms with Crippen LogP contribution in [0.25, 0.3) is 0 Å². The Balaban J connectivity index is 2.07. The summed E-state index contributed by atoms with van der Waals surface area (Å²) in [6, 6.07) is 10.0. The summed E-state index contributed by atoms with van der Waals surface area (Å²) in [6.45, 7) is 1.95. The van der Waals surface area contributed by atoms with Gasteiger partial charge in [0, 0.05) is 11.7 Å². The molecule has 0 spiro atoms. The fraction of sp³-hybridized carbons (Fsp3) is 0.375. The van der Waals surface area contributed by atoms with E-state index in [4.69, 9.17) is 17.0 Å². The predicted octanol–water partition coefficient (Wildman–Crippen LogP) is 2.53. The van der Waals surface area contributed by atoms with Gasteiger partial charge in [-0.05, 0) is 37.5 Å². The van der Waals surface area contributed by atoms with Crippen LogP contribution >= 0.6 is 12.2 Å². The molecule has 21 heavy (non-hydrogen) atoms. The molecular weight excluding hydrogens is 284 g/mol. The van der Waals surface area contributed by atoms with Gasteiger partial charge < -0.3 is 15.0 Å². The fourth-order valence-corrected chi connectivity index (χ4v) is 3.20. The predicted molar refractivity (Wildman–Crippen MR) is 84.5 cm³/mol. The molecule has 5 heteroatoms. The lowest BCUT2D eigenvalue weighted by molar-refractivity contribution is -0.136. The van der Waals surface area contributed by atoms with Crippen LogP contribution in [0.2, 0.25) is 0 Å². The van der Waals surface area contributed by atoms with Crippen molar-refractivity contribution in [3.63, 3.8) is 0 Å². The van der Waals surface area contributed by atoms with E-state index in [0.29, 0.717) is 16.7 Å². The maximum Gasteiger partial charge on any atom is 0.337 e. The largest absolute Gasteiger partial charge is 0.466 e. The van der Waals surface area contributed by atoms with E-state index in [-0.39, 0.29) is 12.0 Å². The Kier molecular flexibility index (Phi) is 3.68. The van der Waals surface area contributed by atoms with Crippen LogP contribution < -0.4 is 5.32 Å². The fourth-order valence-electron chi connectivity index (χ4n) is 2.80. The Morgan fingerprint density at radius 3 is 2.57 bits per heavy atom. The van der Waals surface area contributed by atoms with E-state index in [2.05, 4.69) is 10.2 Å². The van der Waals surface area contributed by atoms with Crippen molar-refractivity contribution in [2.24, 2.45) is 0 Å². The van der Waals surface area contributed by atoms with Gasteiger partial charge in [-0.2, -0.15) is 0 Å². The maximum absolute atomic E-state index is 12.3. The molecule has 3 rings (SSSR count). The molecule has 4 nitrogen and oxygen atoms in total. The van der Waals surface area contributed by atoms with Crippen LogP contribution in [0, 0.1) is 0 Å². The molecule has 2 aliphatic rings. The summed E-state index contributed by atoms with van der Waals surface area (Å²) in [5.41, 5.74) is 2.56. The van der Waals surface area contributed by atoms with Gasteiger partial charge >= 0.3 is 5.97 Å². The van der Waals surface area contributed by atoms with Crippen molar-refractivity contribution >= 4 is 23.3 Å². The number of thiocarbonyl (C=S) groups is 1. The Hall–Kier alpha value is -1.88. The molecule has 1 atom stereocenters. The van der Waals surface area contributed by atoms with Crippen molar-refractivity contribution in [2.45, 2.75) is 31.8 Å². The van der Waals surface area contributed by atoms with Gasteiger partial charge in [-0.25, -0.2) is 4.79 Å². The van der Waals surface area contributed by atoms with E-state index in [9.17, 15) is 4.79 Å². The van der Waals surface area contributed by atoms with E-state index in [1.165, 1.54) is 7.11 Å². The first-order valence-corrected chi connectivity index (χ1v) is 7.48. The molecule has 1 N–H and O–H groups in total. The van der Waals surface area contributed by atoms with Crippen molar-refractivity contribution in [1.29, 1.82) is 0 Å². The second-order valence-corrected chi connectivity index (χ2v) is 5.77. The molecule has 1 aromatic rings. The molecule has 1 aliphatic carbocycles. The number of ether oxygens (including phenoxy) is 1. The van der Waals surface area contributed by atoms with Gasteiger partial charge in [0.2, 0.25) is 0 Å². The summed E-state index contributed by atoms with van der Waals surface area (Å²) in [7, 11) is 1.42. The van der Waals surface area contributed by atoms with Gasteiger partial charge in [0.1, 0.15) is 0 Å². The number of allylic oxidation sites excluding steroid dienone is 1. The average molecular weight is 302 g/mol. The Morgan fingerprint density at radius 1 is 1.33 bits per heavy atom. The monoisotopic (exact) mass is 302 g/mol. The number of hydrogen-bond acceptors (Lipinski definition) is 3. The summed E-state index contributed by atoms with van der Waals surface area (Å²) in [4.78, 5) is 14.3. The lowest BCUT2D eigenvalue weighted by Crippen LogP contribution is -2.48. The lowest BCUT2D eigenvalue weighted by Gasteiger charge is -2.37. The van der Waals surface area contributed by atoms with Crippen LogP contribution in [0.5, 0.6) is 0 Å². The van der Waals surface area contributed by atoms with Gasteiger partial charge in [-0.1, -0.05) is 30.3 Å². The second kappa shape index (κ2) is 5.48. The SMILES string of the molecule is COC(=O)C1=C(C)N(C2CC2)C(=S)NC1c1ccccc1. The number of nitrogens with one attached hydrogen (secondary N) is 1. The number of hydrogen-bond donors (Lipinski definition) is 1. The Bertz CT molecular complexity index is 608. The zero-order chi connectivity index (χ0) is 15.0. The van der Waals surface area contributed by atoms with Crippen molar-refractivity contribution in [1.82, 2.24) is 10.2 Å². The molecule has 1 aliphatic heterocycles. The first-order chi connectivity index (χ1) is 10.1.